The molecule has 2 rings (SSSR count). The van der Waals surface area contributed by atoms with Gasteiger partial charge in [0.2, 0.25) is 0 Å². The van der Waals surface area contributed by atoms with E-state index in [1.807, 2.05) is 30.3 Å². The Balaban J connectivity index is 1.99. The molecule has 0 heterocycles. The first-order valence-corrected chi connectivity index (χ1v) is 7.68. The standard InChI is InChI=1S/C18H25NO2/c1-13(12-20)6-5-11-19-14(2)16-10-9-15-7-3-4-8-17(15)18(16)21/h3-4,7-10,13-14,19-21H,5-6,11-12H2,1-2H3. The van der Waals surface area contributed by atoms with Crippen molar-refractivity contribution in [1.29, 1.82) is 0 Å². The minimum absolute atomic E-state index is 0.110. The van der Waals surface area contributed by atoms with Gasteiger partial charge in [-0.05, 0) is 37.6 Å². The molecule has 3 nitrogen and oxygen atoms in total. The third-order valence-corrected chi connectivity index (χ3v) is 4.03. The third kappa shape index (κ3) is 3.96. The molecule has 0 aromatic heterocycles. The molecule has 0 saturated heterocycles. The van der Waals surface area contributed by atoms with E-state index >= 15 is 0 Å². The maximum Gasteiger partial charge on any atom is 0.128 e. The van der Waals surface area contributed by atoms with Gasteiger partial charge in [0.1, 0.15) is 5.75 Å². The van der Waals surface area contributed by atoms with Crippen molar-refractivity contribution in [2.45, 2.75) is 32.7 Å². The van der Waals surface area contributed by atoms with Crippen LogP contribution in [0.25, 0.3) is 10.8 Å². The minimum atomic E-state index is 0.110. The average molecular weight is 287 g/mol. The van der Waals surface area contributed by atoms with Crippen LogP contribution in [-0.2, 0) is 0 Å². The van der Waals surface area contributed by atoms with E-state index in [9.17, 15) is 5.11 Å². The Morgan fingerprint density at radius 2 is 1.86 bits per heavy atom. The molecule has 0 fully saturated rings. The van der Waals surface area contributed by atoms with E-state index in [1.54, 1.807) is 0 Å². The first-order valence-electron chi connectivity index (χ1n) is 7.68. The van der Waals surface area contributed by atoms with E-state index < -0.39 is 0 Å². The van der Waals surface area contributed by atoms with Crippen molar-refractivity contribution in [1.82, 2.24) is 5.32 Å². The summed E-state index contributed by atoms with van der Waals surface area (Å²) in [7, 11) is 0. The number of hydrogen-bond donors (Lipinski definition) is 3. The molecule has 0 aliphatic heterocycles. The number of aliphatic hydroxyl groups excluding tert-OH is 1. The topological polar surface area (TPSA) is 52.5 Å². The molecular weight excluding hydrogens is 262 g/mol. The molecule has 21 heavy (non-hydrogen) atoms. The predicted octanol–water partition coefficient (Wildman–Crippen LogP) is 3.60. The minimum Gasteiger partial charge on any atom is -0.507 e. The zero-order valence-corrected chi connectivity index (χ0v) is 12.8. The van der Waals surface area contributed by atoms with Crippen LogP contribution in [0.1, 0.15) is 38.3 Å². The Kier molecular flexibility index (Phi) is 5.59. The SMILES string of the molecule is CC(CO)CCCNC(C)c1ccc2ccccc2c1O. The maximum atomic E-state index is 10.4. The van der Waals surface area contributed by atoms with Gasteiger partial charge in [-0.25, -0.2) is 0 Å². The van der Waals surface area contributed by atoms with Crippen molar-refractivity contribution in [3.8, 4) is 5.75 Å². The highest BCUT2D eigenvalue weighted by Crippen LogP contribution is 2.32. The van der Waals surface area contributed by atoms with Crippen LogP contribution < -0.4 is 5.32 Å². The second kappa shape index (κ2) is 7.43. The molecule has 0 aliphatic carbocycles. The lowest BCUT2D eigenvalue weighted by Crippen LogP contribution is -2.20. The van der Waals surface area contributed by atoms with Gasteiger partial charge in [-0.3, -0.25) is 0 Å². The van der Waals surface area contributed by atoms with E-state index in [-0.39, 0.29) is 12.6 Å². The van der Waals surface area contributed by atoms with Gasteiger partial charge in [0, 0.05) is 23.6 Å². The van der Waals surface area contributed by atoms with E-state index in [0.717, 1.165) is 35.7 Å². The highest BCUT2D eigenvalue weighted by atomic mass is 16.3. The zero-order valence-electron chi connectivity index (χ0n) is 12.8. The monoisotopic (exact) mass is 287 g/mol. The Labute approximate surface area is 126 Å². The second-order valence-corrected chi connectivity index (χ2v) is 5.83. The maximum absolute atomic E-state index is 10.4. The molecular formula is C18H25NO2. The molecule has 0 spiro atoms. The first kappa shape index (κ1) is 15.8. The number of nitrogens with one attached hydrogen (secondary N) is 1. The number of fused-ring (bicyclic) bond motifs is 1. The summed E-state index contributed by atoms with van der Waals surface area (Å²) in [6, 6.07) is 12.0. The van der Waals surface area contributed by atoms with Gasteiger partial charge < -0.3 is 15.5 Å². The van der Waals surface area contributed by atoms with Crippen LogP contribution in [0, 0.1) is 5.92 Å². The molecule has 0 saturated carbocycles. The van der Waals surface area contributed by atoms with Crippen molar-refractivity contribution in [3.63, 3.8) is 0 Å². The fourth-order valence-corrected chi connectivity index (χ4v) is 2.59. The van der Waals surface area contributed by atoms with Crippen LogP contribution in [-0.4, -0.2) is 23.4 Å². The Morgan fingerprint density at radius 3 is 2.62 bits per heavy atom. The van der Waals surface area contributed by atoms with E-state index in [0.29, 0.717) is 11.7 Å². The number of aliphatic hydroxyl groups is 1. The average Bonchev–Trinajstić information content (AvgIpc) is 2.51. The van der Waals surface area contributed by atoms with Gasteiger partial charge in [-0.15, -0.1) is 0 Å². The molecule has 2 atom stereocenters. The highest BCUT2D eigenvalue weighted by molar-refractivity contribution is 5.89. The summed E-state index contributed by atoms with van der Waals surface area (Å²) in [4.78, 5) is 0. The van der Waals surface area contributed by atoms with Crippen LogP contribution in [0.5, 0.6) is 5.75 Å². The number of aromatic hydroxyl groups is 1. The molecule has 0 aliphatic rings. The second-order valence-electron chi connectivity index (χ2n) is 5.83. The summed E-state index contributed by atoms with van der Waals surface area (Å²) >= 11 is 0. The molecule has 0 bridgehead atoms. The van der Waals surface area contributed by atoms with Crippen LogP contribution in [0.2, 0.25) is 0 Å². The van der Waals surface area contributed by atoms with Crippen molar-refractivity contribution < 1.29 is 10.2 Å². The van der Waals surface area contributed by atoms with E-state index in [4.69, 9.17) is 5.11 Å². The van der Waals surface area contributed by atoms with Crippen molar-refractivity contribution in [2.24, 2.45) is 5.92 Å². The third-order valence-electron chi connectivity index (χ3n) is 4.03. The molecule has 2 aromatic carbocycles. The molecule has 3 N–H and O–H groups in total. The van der Waals surface area contributed by atoms with Gasteiger partial charge in [0.15, 0.2) is 0 Å². The predicted molar refractivity (Wildman–Crippen MR) is 87.5 cm³/mol. The van der Waals surface area contributed by atoms with E-state index in [1.165, 1.54) is 0 Å². The molecule has 0 amide bonds. The summed E-state index contributed by atoms with van der Waals surface area (Å²) in [5.41, 5.74) is 0.934. The normalized spacial score (nSPS) is 14.2. The lowest BCUT2D eigenvalue weighted by atomic mass is 10.0. The molecule has 114 valence electrons. The van der Waals surface area contributed by atoms with Crippen molar-refractivity contribution in [3.05, 3.63) is 42.0 Å². The quantitative estimate of drug-likeness (QED) is 0.682. The van der Waals surface area contributed by atoms with Gasteiger partial charge >= 0.3 is 0 Å². The first-order chi connectivity index (χ1) is 10.1. The number of phenolic OH excluding ortho intramolecular Hbond substituents is 1. The zero-order chi connectivity index (χ0) is 15.2. The summed E-state index contributed by atoms with van der Waals surface area (Å²) < 4.78 is 0. The van der Waals surface area contributed by atoms with Gasteiger partial charge in [-0.1, -0.05) is 43.3 Å². The lowest BCUT2D eigenvalue weighted by Gasteiger charge is -2.17. The number of rotatable bonds is 7. The summed E-state index contributed by atoms with van der Waals surface area (Å²) in [5.74, 6) is 0.730. The van der Waals surface area contributed by atoms with Crippen LogP contribution in [0.15, 0.2) is 36.4 Å². The highest BCUT2D eigenvalue weighted by Gasteiger charge is 2.12. The fraction of sp³-hybridized carbons (Fsp3) is 0.444. The lowest BCUT2D eigenvalue weighted by molar-refractivity contribution is 0.227. The van der Waals surface area contributed by atoms with Crippen molar-refractivity contribution >= 4 is 10.8 Å². The number of phenols is 1. The number of hydrogen-bond acceptors (Lipinski definition) is 3. The van der Waals surface area contributed by atoms with Gasteiger partial charge in [0.25, 0.3) is 0 Å². The molecule has 3 heteroatoms. The van der Waals surface area contributed by atoms with Crippen LogP contribution in [0.4, 0.5) is 0 Å². The Hall–Kier alpha value is -1.58. The summed E-state index contributed by atoms with van der Waals surface area (Å²) in [6.45, 7) is 5.26. The Bertz CT molecular complexity index is 582. The van der Waals surface area contributed by atoms with E-state index in [2.05, 4.69) is 25.2 Å². The molecule has 2 aromatic rings. The summed E-state index contributed by atoms with van der Waals surface area (Å²) in [6.07, 6.45) is 2.04. The molecule has 2 unspecified atom stereocenters. The smallest absolute Gasteiger partial charge is 0.128 e. The van der Waals surface area contributed by atoms with Crippen molar-refractivity contribution in [2.75, 3.05) is 13.2 Å². The fourth-order valence-electron chi connectivity index (χ4n) is 2.59. The van der Waals surface area contributed by atoms with Gasteiger partial charge in [-0.2, -0.15) is 0 Å². The Morgan fingerprint density at radius 1 is 1.10 bits per heavy atom. The van der Waals surface area contributed by atoms with Crippen LogP contribution in [0.3, 0.4) is 0 Å². The molecule has 0 radical (unpaired) electrons. The summed E-state index contributed by atoms with van der Waals surface area (Å²) in [5, 5.41) is 24.8. The number of benzene rings is 2. The van der Waals surface area contributed by atoms with Crippen LogP contribution >= 0.6 is 0 Å². The van der Waals surface area contributed by atoms with Gasteiger partial charge in [0.05, 0.1) is 0 Å². The largest absolute Gasteiger partial charge is 0.507 e.